The van der Waals surface area contributed by atoms with Crippen LogP contribution in [0.3, 0.4) is 0 Å². The highest BCUT2D eigenvalue weighted by Gasteiger charge is 2.07. The number of carbonyl (C=O) groups excluding carboxylic acids is 1. The molecule has 2 aromatic heterocycles. The molecule has 0 aliphatic heterocycles. The Bertz CT molecular complexity index is 965. The van der Waals surface area contributed by atoms with Crippen LogP contribution in [-0.2, 0) is 17.9 Å². The fraction of sp³-hybridized carbons (Fsp3) is 0.222. The zero-order chi connectivity index (χ0) is 17.8. The van der Waals surface area contributed by atoms with E-state index in [0.717, 1.165) is 21.1 Å². The van der Waals surface area contributed by atoms with Gasteiger partial charge in [0.15, 0.2) is 0 Å². The highest BCUT2D eigenvalue weighted by Crippen LogP contribution is 2.12. The predicted molar refractivity (Wildman–Crippen MR) is 96.4 cm³/mol. The number of rotatable bonds is 5. The molecule has 0 radical (unpaired) electrons. The Labute approximate surface area is 144 Å². The molecular formula is C18H19N5O2. The lowest BCUT2D eigenvalue weighted by molar-refractivity contribution is -0.122. The van der Waals surface area contributed by atoms with E-state index in [4.69, 9.17) is 0 Å². The fourth-order valence-corrected chi connectivity index (χ4v) is 2.39. The number of anilines is 1. The van der Waals surface area contributed by atoms with E-state index in [-0.39, 0.29) is 18.0 Å². The molecule has 0 bridgehead atoms. The Morgan fingerprint density at radius 2 is 2.00 bits per heavy atom. The summed E-state index contributed by atoms with van der Waals surface area (Å²) in [4.78, 5) is 30.2. The molecule has 7 nitrogen and oxygen atoms in total. The van der Waals surface area contributed by atoms with E-state index in [1.165, 1.54) is 6.07 Å². The van der Waals surface area contributed by atoms with Crippen molar-refractivity contribution >= 4 is 22.5 Å². The molecule has 0 saturated heterocycles. The summed E-state index contributed by atoms with van der Waals surface area (Å²) < 4.78 is 1.14. The van der Waals surface area contributed by atoms with Crippen LogP contribution in [0.1, 0.15) is 5.56 Å². The van der Waals surface area contributed by atoms with Crippen molar-refractivity contribution in [3.05, 3.63) is 64.7 Å². The summed E-state index contributed by atoms with van der Waals surface area (Å²) in [6.45, 7) is 0.231. The summed E-state index contributed by atoms with van der Waals surface area (Å²) in [5.41, 5.74) is 2.20. The average molecular weight is 337 g/mol. The second kappa shape index (κ2) is 7.12. The van der Waals surface area contributed by atoms with Gasteiger partial charge in [0, 0.05) is 38.3 Å². The van der Waals surface area contributed by atoms with Gasteiger partial charge < -0.3 is 10.2 Å². The summed E-state index contributed by atoms with van der Waals surface area (Å²) in [6, 6.07) is 11.2. The lowest BCUT2D eigenvalue weighted by Gasteiger charge is -2.12. The Morgan fingerprint density at radius 1 is 1.20 bits per heavy atom. The quantitative estimate of drug-likeness (QED) is 0.756. The van der Waals surface area contributed by atoms with Crippen molar-refractivity contribution in [3.8, 4) is 0 Å². The van der Waals surface area contributed by atoms with E-state index in [1.54, 1.807) is 17.3 Å². The Morgan fingerprint density at radius 3 is 2.76 bits per heavy atom. The Hall–Kier alpha value is -3.22. The molecule has 0 aliphatic rings. The largest absolute Gasteiger partial charge is 0.376 e. The van der Waals surface area contributed by atoms with E-state index in [0.29, 0.717) is 12.2 Å². The van der Waals surface area contributed by atoms with Gasteiger partial charge in [0.2, 0.25) is 5.91 Å². The zero-order valence-electron chi connectivity index (χ0n) is 14.1. The van der Waals surface area contributed by atoms with Crippen LogP contribution < -0.4 is 15.8 Å². The smallest absolute Gasteiger partial charge is 0.269 e. The first-order valence-electron chi connectivity index (χ1n) is 7.88. The average Bonchev–Trinajstić information content (AvgIpc) is 2.61. The van der Waals surface area contributed by atoms with Gasteiger partial charge in [-0.3, -0.25) is 14.6 Å². The fourth-order valence-electron chi connectivity index (χ4n) is 2.39. The maximum Gasteiger partial charge on any atom is 0.269 e. The van der Waals surface area contributed by atoms with Crippen LogP contribution in [-0.4, -0.2) is 34.8 Å². The first-order chi connectivity index (χ1) is 12.0. The van der Waals surface area contributed by atoms with Gasteiger partial charge in [-0.1, -0.05) is 18.2 Å². The van der Waals surface area contributed by atoms with Crippen LogP contribution in [0.25, 0.3) is 10.9 Å². The maximum absolute atomic E-state index is 12.1. The molecule has 0 unspecified atom stereocenters. The molecule has 7 heteroatoms. The summed E-state index contributed by atoms with van der Waals surface area (Å²) in [5, 5.41) is 7.83. The minimum atomic E-state index is -0.311. The van der Waals surface area contributed by atoms with Gasteiger partial charge in [-0.15, -0.1) is 0 Å². The number of aromatic nitrogens is 3. The highest BCUT2D eigenvalue weighted by molar-refractivity contribution is 5.79. The lowest BCUT2D eigenvalue weighted by atomic mass is 10.1. The van der Waals surface area contributed by atoms with Crippen LogP contribution >= 0.6 is 0 Å². The van der Waals surface area contributed by atoms with Crippen molar-refractivity contribution in [3.63, 3.8) is 0 Å². The van der Waals surface area contributed by atoms with Gasteiger partial charge in [0.1, 0.15) is 6.54 Å². The van der Waals surface area contributed by atoms with Gasteiger partial charge in [-0.2, -0.15) is 5.10 Å². The topological polar surface area (TPSA) is 80.1 Å². The molecule has 1 amide bonds. The van der Waals surface area contributed by atoms with Crippen LogP contribution in [0, 0.1) is 0 Å². The third-order valence-corrected chi connectivity index (χ3v) is 3.80. The monoisotopic (exact) mass is 337 g/mol. The molecule has 3 aromatic rings. The molecule has 0 fully saturated rings. The van der Waals surface area contributed by atoms with Gasteiger partial charge in [-0.05, 0) is 17.7 Å². The van der Waals surface area contributed by atoms with E-state index in [1.807, 2.05) is 44.4 Å². The zero-order valence-corrected chi connectivity index (χ0v) is 14.1. The predicted octanol–water partition coefficient (Wildman–Crippen LogP) is 1.17. The van der Waals surface area contributed by atoms with Gasteiger partial charge in [0.25, 0.3) is 5.56 Å². The highest BCUT2D eigenvalue weighted by atomic mass is 16.2. The van der Waals surface area contributed by atoms with Gasteiger partial charge in [0.05, 0.1) is 17.4 Å². The van der Waals surface area contributed by atoms with Crippen LogP contribution in [0.4, 0.5) is 5.69 Å². The number of carbonyl (C=O) groups is 1. The number of amides is 1. The number of nitrogens with one attached hydrogen (secondary N) is 1. The van der Waals surface area contributed by atoms with Crippen LogP contribution in [0.2, 0.25) is 0 Å². The van der Waals surface area contributed by atoms with Crippen molar-refractivity contribution in [1.82, 2.24) is 20.1 Å². The van der Waals surface area contributed by atoms with Crippen molar-refractivity contribution < 1.29 is 4.79 Å². The number of nitrogens with zero attached hydrogens (tertiary/aromatic N) is 4. The van der Waals surface area contributed by atoms with Crippen molar-refractivity contribution in [2.24, 2.45) is 0 Å². The number of fused-ring (bicyclic) bond motifs is 1. The van der Waals surface area contributed by atoms with E-state index >= 15 is 0 Å². The molecule has 1 aromatic carbocycles. The standard InChI is InChI=1S/C18H19N5O2/c1-22(2)15-8-18(25)23(21-11-15)12-17(24)20-10-13-7-14-5-3-4-6-16(14)19-9-13/h3-9,11H,10,12H2,1-2H3,(H,20,24). The number of hydrogen-bond acceptors (Lipinski definition) is 5. The molecule has 0 atom stereocenters. The molecule has 1 N–H and O–H groups in total. The summed E-state index contributed by atoms with van der Waals surface area (Å²) >= 11 is 0. The number of para-hydroxylation sites is 1. The summed E-state index contributed by atoms with van der Waals surface area (Å²) in [7, 11) is 3.65. The maximum atomic E-state index is 12.1. The number of benzene rings is 1. The first-order valence-corrected chi connectivity index (χ1v) is 7.88. The minimum Gasteiger partial charge on any atom is -0.376 e. The molecule has 2 heterocycles. The summed E-state index contributed by atoms with van der Waals surface area (Å²) in [5.74, 6) is -0.277. The van der Waals surface area contributed by atoms with Crippen molar-refractivity contribution in [2.45, 2.75) is 13.1 Å². The molecule has 25 heavy (non-hydrogen) atoms. The first kappa shape index (κ1) is 16.6. The van der Waals surface area contributed by atoms with Gasteiger partial charge in [-0.25, -0.2) is 4.68 Å². The normalized spacial score (nSPS) is 10.6. The Balaban J connectivity index is 1.63. The van der Waals surface area contributed by atoms with Crippen molar-refractivity contribution in [2.75, 3.05) is 19.0 Å². The van der Waals surface area contributed by atoms with E-state index in [2.05, 4.69) is 15.4 Å². The molecule has 0 spiro atoms. The third kappa shape index (κ3) is 4.00. The van der Waals surface area contributed by atoms with E-state index < -0.39 is 0 Å². The number of hydrogen-bond donors (Lipinski definition) is 1. The minimum absolute atomic E-state index is 0.118. The number of pyridine rings is 1. The molecular weight excluding hydrogens is 318 g/mol. The lowest BCUT2D eigenvalue weighted by Crippen LogP contribution is -2.33. The second-order valence-corrected chi connectivity index (χ2v) is 5.92. The summed E-state index contributed by atoms with van der Waals surface area (Å²) in [6.07, 6.45) is 3.29. The third-order valence-electron chi connectivity index (χ3n) is 3.80. The van der Waals surface area contributed by atoms with E-state index in [9.17, 15) is 9.59 Å². The molecule has 3 rings (SSSR count). The SMILES string of the molecule is CN(C)c1cnn(CC(=O)NCc2cnc3ccccc3c2)c(=O)c1. The molecule has 0 aliphatic carbocycles. The molecule has 0 saturated carbocycles. The second-order valence-electron chi connectivity index (χ2n) is 5.92. The van der Waals surface area contributed by atoms with Crippen LogP contribution in [0.5, 0.6) is 0 Å². The van der Waals surface area contributed by atoms with Crippen molar-refractivity contribution in [1.29, 1.82) is 0 Å². The van der Waals surface area contributed by atoms with Crippen LogP contribution in [0.15, 0.2) is 53.6 Å². The molecule has 128 valence electrons. The Kier molecular flexibility index (Phi) is 4.74. The van der Waals surface area contributed by atoms with Gasteiger partial charge >= 0.3 is 0 Å².